The van der Waals surface area contributed by atoms with Gasteiger partial charge in [-0.15, -0.1) is 0 Å². The predicted octanol–water partition coefficient (Wildman–Crippen LogP) is 4.28. The normalized spacial score (nSPS) is 11.6. The molecule has 0 atom stereocenters. The summed E-state index contributed by atoms with van der Waals surface area (Å²) in [5, 5.41) is 8.91. The lowest BCUT2D eigenvalue weighted by molar-refractivity contribution is 1.74. The number of rotatable bonds is 0. The van der Waals surface area contributed by atoms with Crippen molar-refractivity contribution in [1.82, 2.24) is 0 Å². The van der Waals surface area contributed by atoms with Crippen LogP contribution >= 0.6 is 0 Å². The first-order valence-corrected chi connectivity index (χ1v) is 6.17. The van der Waals surface area contributed by atoms with Crippen LogP contribution in [0.4, 0.5) is 0 Å². The lowest BCUT2D eigenvalue weighted by Crippen LogP contribution is -2.02. The van der Waals surface area contributed by atoms with Gasteiger partial charge in [-0.05, 0) is 37.5 Å². The Morgan fingerprint density at radius 1 is 0.556 bits per heavy atom. The summed E-state index contributed by atoms with van der Waals surface area (Å²) < 4.78 is 0. The number of fused-ring (bicyclic) bond motifs is 2. The van der Waals surface area contributed by atoms with Gasteiger partial charge >= 0.3 is 0 Å². The molecule has 0 heteroatoms. The molecule has 0 aromatic heterocycles. The van der Waals surface area contributed by atoms with Gasteiger partial charge in [-0.3, -0.25) is 0 Å². The minimum absolute atomic E-state index is 1.13. The first-order chi connectivity index (χ1) is 8.86. The highest BCUT2D eigenvalue weighted by Crippen LogP contribution is 2.30. The van der Waals surface area contributed by atoms with Crippen LogP contribution in [0.5, 0.6) is 0 Å². The minimum atomic E-state index is 1.13. The first kappa shape index (κ1) is 9.67. The molecule has 18 heavy (non-hydrogen) atoms. The van der Waals surface area contributed by atoms with Crippen molar-refractivity contribution < 1.29 is 0 Å². The van der Waals surface area contributed by atoms with E-state index < -0.39 is 0 Å². The fraction of sp³-hybridized carbons (Fsp3) is 0. The summed E-state index contributed by atoms with van der Waals surface area (Å²) in [4.78, 5) is 0. The molecule has 0 nitrogen and oxygen atoms in total. The molecule has 0 N–H and O–H groups in total. The molecule has 0 spiro atoms. The average molecular weight is 228 g/mol. The van der Waals surface area contributed by atoms with E-state index in [-0.39, 0.29) is 0 Å². The Morgan fingerprint density at radius 2 is 1.17 bits per heavy atom. The number of benzene rings is 4. The Hall–Kier alpha value is -2.34. The third kappa shape index (κ3) is 1.10. The summed E-state index contributed by atoms with van der Waals surface area (Å²) in [6.45, 7) is 4.28. The third-order valence-corrected chi connectivity index (χ3v) is 3.77. The second-order valence-electron chi connectivity index (χ2n) is 4.73. The van der Waals surface area contributed by atoms with Gasteiger partial charge in [0, 0.05) is 0 Å². The molecular formula is C18H12. The van der Waals surface area contributed by atoms with Crippen molar-refractivity contribution in [1.29, 1.82) is 0 Å². The first-order valence-electron chi connectivity index (χ1n) is 6.17. The maximum atomic E-state index is 4.28. The van der Waals surface area contributed by atoms with Crippen LogP contribution in [0.25, 0.3) is 38.9 Å². The molecule has 4 aromatic rings. The molecule has 0 bridgehead atoms. The van der Waals surface area contributed by atoms with Crippen molar-refractivity contribution in [3.63, 3.8) is 0 Å². The van der Waals surface area contributed by atoms with E-state index in [0.29, 0.717) is 0 Å². The highest BCUT2D eigenvalue weighted by atomic mass is 14.1. The maximum Gasteiger partial charge on any atom is -0.00266 e. The molecule has 4 rings (SSSR count). The molecule has 0 fully saturated rings. The molecule has 0 radical (unpaired) electrons. The standard InChI is InChI=1S/C18H12/c1-12-14-8-2-3-9-16(14)17-11-5-7-13-6-4-10-15(12)18(13)17/h2-11H,1H2. The highest BCUT2D eigenvalue weighted by molar-refractivity contribution is 6.21. The van der Waals surface area contributed by atoms with Crippen LogP contribution in [0, 0.1) is 0 Å². The Labute approximate surface area is 105 Å². The summed E-state index contributed by atoms with van der Waals surface area (Å²) in [6, 6.07) is 21.5. The lowest BCUT2D eigenvalue weighted by Gasteiger charge is -2.10. The van der Waals surface area contributed by atoms with E-state index in [2.05, 4.69) is 67.2 Å². The maximum absolute atomic E-state index is 4.28. The fourth-order valence-corrected chi connectivity index (χ4v) is 2.94. The van der Waals surface area contributed by atoms with E-state index in [9.17, 15) is 0 Å². The highest BCUT2D eigenvalue weighted by Gasteiger charge is 2.07. The van der Waals surface area contributed by atoms with Gasteiger partial charge in [0.1, 0.15) is 0 Å². The van der Waals surface area contributed by atoms with Gasteiger partial charge in [-0.2, -0.15) is 0 Å². The van der Waals surface area contributed by atoms with E-state index in [4.69, 9.17) is 0 Å². The summed E-state index contributed by atoms with van der Waals surface area (Å²) in [6.07, 6.45) is 0. The van der Waals surface area contributed by atoms with Crippen molar-refractivity contribution in [3.05, 3.63) is 65.9 Å². The molecule has 0 amide bonds. The largest absolute Gasteiger partial charge is 0.0905 e. The Balaban J connectivity index is 2.52. The van der Waals surface area contributed by atoms with Gasteiger partial charge in [0.2, 0.25) is 0 Å². The molecule has 0 heterocycles. The van der Waals surface area contributed by atoms with Crippen LogP contribution in [0.15, 0.2) is 60.7 Å². The Kier molecular flexibility index (Phi) is 1.79. The molecule has 0 unspecified atom stereocenters. The van der Waals surface area contributed by atoms with Crippen LogP contribution in [0.1, 0.15) is 0 Å². The second kappa shape index (κ2) is 3.33. The quantitative estimate of drug-likeness (QED) is 0.311. The summed E-state index contributed by atoms with van der Waals surface area (Å²) in [7, 11) is 0. The van der Waals surface area contributed by atoms with Crippen LogP contribution in [-0.2, 0) is 0 Å². The summed E-state index contributed by atoms with van der Waals surface area (Å²) in [5.41, 5.74) is 0. The zero-order chi connectivity index (χ0) is 12.1. The van der Waals surface area contributed by atoms with E-state index in [0.717, 1.165) is 5.22 Å². The number of hydrogen-bond donors (Lipinski definition) is 0. The predicted molar refractivity (Wildman–Crippen MR) is 79.7 cm³/mol. The van der Waals surface area contributed by atoms with E-state index in [1.54, 1.807) is 0 Å². The molecule has 84 valence electrons. The molecule has 0 aliphatic carbocycles. The minimum Gasteiger partial charge on any atom is -0.0905 e. The van der Waals surface area contributed by atoms with Gasteiger partial charge in [-0.25, -0.2) is 0 Å². The van der Waals surface area contributed by atoms with Crippen molar-refractivity contribution in [2.45, 2.75) is 0 Å². The van der Waals surface area contributed by atoms with E-state index in [1.807, 2.05) is 0 Å². The molecule has 4 aromatic carbocycles. The summed E-state index contributed by atoms with van der Waals surface area (Å²) >= 11 is 0. The molecule has 0 saturated heterocycles. The zero-order valence-corrected chi connectivity index (χ0v) is 9.98. The monoisotopic (exact) mass is 228 g/mol. The van der Waals surface area contributed by atoms with Gasteiger partial charge in [0.05, 0.1) is 0 Å². The molecular weight excluding hydrogens is 216 g/mol. The van der Waals surface area contributed by atoms with E-state index >= 15 is 0 Å². The van der Waals surface area contributed by atoms with Gasteiger partial charge in [0.25, 0.3) is 0 Å². The van der Waals surface area contributed by atoms with Crippen molar-refractivity contribution in [2.24, 2.45) is 0 Å². The zero-order valence-electron chi connectivity index (χ0n) is 9.98. The fourth-order valence-electron chi connectivity index (χ4n) is 2.94. The third-order valence-electron chi connectivity index (χ3n) is 3.77. The Bertz CT molecular complexity index is 927. The van der Waals surface area contributed by atoms with Crippen LogP contribution < -0.4 is 5.22 Å². The van der Waals surface area contributed by atoms with Gasteiger partial charge in [-0.1, -0.05) is 67.2 Å². The topological polar surface area (TPSA) is 0 Å². The Morgan fingerprint density at radius 3 is 1.94 bits per heavy atom. The summed E-state index contributed by atoms with van der Waals surface area (Å²) in [5.74, 6) is 0. The number of hydrogen-bond acceptors (Lipinski definition) is 0. The van der Waals surface area contributed by atoms with Crippen molar-refractivity contribution in [3.8, 4) is 0 Å². The van der Waals surface area contributed by atoms with Crippen LogP contribution in [0.2, 0.25) is 0 Å². The SMILES string of the molecule is C=c1c2ccccc2c2cccc3cccc1c32. The van der Waals surface area contributed by atoms with Crippen LogP contribution in [-0.4, -0.2) is 0 Å². The molecule has 0 saturated carbocycles. The van der Waals surface area contributed by atoms with Gasteiger partial charge in [0.15, 0.2) is 0 Å². The molecule has 0 aliphatic heterocycles. The van der Waals surface area contributed by atoms with E-state index in [1.165, 1.54) is 32.3 Å². The van der Waals surface area contributed by atoms with Crippen molar-refractivity contribution in [2.75, 3.05) is 0 Å². The van der Waals surface area contributed by atoms with Crippen molar-refractivity contribution >= 4 is 38.9 Å². The van der Waals surface area contributed by atoms with Gasteiger partial charge < -0.3 is 0 Å². The molecule has 0 aliphatic rings. The smallest absolute Gasteiger partial charge is 0.00266 e. The average Bonchev–Trinajstić information content (AvgIpc) is 2.44. The second-order valence-corrected chi connectivity index (χ2v) is 4.73. The lowest BCUT2D eigenvalue weighted by atomic mass is 9.94. The van der Waals surface area contributed by atoms with Crippen LogP contribution in [0.3, 0.4) is 0 Å².